The van der Waals surface area contributed by atoms with Crippen molar-refractivity contribution in [2.24, 2.45) is 11.3 Å². The van der Waals surface area contributed by atoms with Crippen LogP contribution in [0.25, 0.3) is 0 Å². The van der Waals surface area contributed by atoms with Crippen molar-refractivity contribution in [3.63, 3.8) is 0 Å². The highest BCUT2D eigenvalue weighted by Gasteiger charge is 2.38. The average molecular weight is 332 g/mol. The molecule has 134 valence electrons. The summed E-state index contributed by atoms with van der Waals surface area (Å²) in [5.41, 5.74) is 1.19. The molecule has 0 bridgehead atoms. The number of nitrogens with one attached hydrogen (secondary N) is 1. The molecule has 1 aliphatic rings. The first-order valence-electron chi connectivity index (χ1n) is 8.89. The number of nitrogens with zero attached hydrogens (tertiary/aromatic N) is 1. The molecular weight excluding hydrogens is 300 g/mol. The van der Waals surface area contributed by atoms with Gasteiger partial charge in [-0.05, 0) is 44.1 Å². The predicted molar refractivity (Wildman–Crippen MR) is 97.8 cm³/mol. The Hall–Kier alpha value is -1.55. The number of rotatable bonds is 5. The van der Waals surface area contributed by atoms with Gasteiger partial charge in [0.15, 0.2) is 0 Å². The summed E-state index contributed by atoms with van der Waals surface area (Å²) in [6.45, 7) is 14.2. The Morgan fingerprint density at radius 1 is 1.29 bits per heavy atom. The number of carbonyl (C=O) groups is 1. The van der Waals surface area contributed by atoms with Crippen molar-refractivity contribution in [1.82, 2.24) is 10.2 Å². The molecule has 0 aliphatic carbocycles. The van der Waals surface area contributed by atoms with E-state index in [1.807, 2.05) is 20.8 Å². The van der Waals surface area contributed by atoms with Crippen LogP contribution in [-0.4, -0.2) is 36.2 Å². The van der Waals surface area contributed by atoms with Gasteiger partial charge in [0.1, 0.15) is 5.60 Å². The fraction of sp³-hybridized carbons (Fsp3) is 0.650. The van der Waals surface area contributed by atoms with Gasteiger partial charge < -0.3 is 10.1 Å². The van der Waals surface area contributed by atoms with E-state index < -0.39 is 5.60 Å². The Balaban J connectivity index is 1.79. The van der Waals surface area contributed by atoms with Crippen LogP contribution in [0.15, 0.2) is 30.3 Å². The van der Waals surface area contributed by atoms with Crippen LogP contribution < -0.4 is 5.32 Å². The maximum absolute atomic E-state index is 11.8. The highest BCUT2D eigenvalue weighted by atomic mass is 16.6. The minimum Gasteiger partial charge on any atom is -0.444 e. The zero-order chi connectivity index (χ0) is 17.8. The van der Waals surface area contributed by atoms with E-state index in [9.17, 15) is 4.79 Å². The van der Waals surface area contributed by atoms with Crippen LogP contribution >= 0.6 is 0 Å². The molecule has 1 atom stereocenters. The monoisotopic (exact) mass is 332 g/mol. The van der Waals surface area contributed by atoms with E-state index in [0.717, 1.165) is 26.1 Å². The van der Waals surface area contributed by atoms with Crippen LogP contribution in [0.4, 0.5) is 4.79 Å². The zero-order valence-electron chi connectivity index (χ0n) is 15.8. The van der Waals surface area contributed by atoms with Gasteiger partial charge in [-0.1, -0.05) is 44.2 Å². The third-order valence-electron chi connectivity index (χ3n) is 4.62. The Morgan fingerprint density at radius 3 is 2.58 bits per heavy atom. The van der Waals surface area contributed by atoms with Crippen molar-refractivity contribution in [1.29, 1.82) is 0 Å². The molecule has 1 unspecified atom stereocenters. The second-order valence-electron chi connectivity index (χ2n) is 8.56. The minimum atomic E-state index is -0.441. The van der Waals surface area contributed by atoms with Crippen molar-refractivity contribution < 1.29 is 9.53 Å². The van der Waals surface area contributed by atoms with Crippen LogP contribution in [-0.2, 0) is 11.3 Å². The highest BCUT2D eigenvalue weighted by molar-refractivity contribution is 5.67. The lowest BCUT2D eigenvalue weighted by Gasteiger charge is -2.26. The van der Waals surface area contributed by atoms with E-state index in [2.05, 4.69) is 54.4 Å². The Bertz CT molecular complexity index is 534. The molecule has 1 aromatic rings. The lowest BCUT2D eigenvalue weighted by Crippen LogP contribution is -2.34. The first kappa shape index (κ1) is 18.8. The molecule has 24 heavy (non-hydrogen) atoms. The summed E-state index contributed by atoms with van der Waals surface area (Å²) in [6, 6.07) is 10.6. The molecule has 1 amide bonds. The fourth-order valence-electron chi connectivity index (χ4n) is 3.44. The summed E-state index contributed by atoms with van der Waals surface area (Å²) in [4.78, 5) is 14.3. The molecule has 4 heteroatoms. The molecule has 1 aliphatic heterocycles. The Morgan fingerprint density at radius 2 is 1.96 bits per heavy atom. The summed E-state index contributed by atoms with van der Waals surface area (Å²) in [7, 11) is 0. The maximum atomic E-state index is 11.8. The van der Waals surface area contributed by atoms with Gasteiger partial charge in [-0.2, -0.15) is 0 Å². The smallest absolute Gasteiger partial charge is 0.407 e. The van der Waals surface area contributed by atoms with Gasteiger partial charge >= 0.3 is 6.09 Å². The molecule has 1 N–H and O–H groups in total. The van der Waals surface area contributed by atoms with Crippen molar-refractivity contribution in [2.45, 2.75) is 53.2 Å². The second kappa shape index (κ2) is 7.56. The molecule has 1 aromatic carbocycles. The molecule has 2 rings (SSSR count). The highest BCUT2D eigenvalue weighted by Crippen LogP contribution is 2.37. The molecule has 1 fully saturated rings. The summed E-state index contributed by atoms with van der Waals surface area (Å²) in [5, 5.41) is 2.89. The van der Waals surface area contributed by atoms with E-state index >= 15 is 0 Å². The molecular formula is C20H32N2O2. The maximum Gasteiger partial charge on any atom is 0.407 e. The van der Waals surface area contributed by atoms with Crippen LogP contribution in [0.5, 0.6) is 0 Å². The zero-order valence-corrected chi connectivity index (χ0v) is 15.8. The minimum absolute atomic E-state index is 0.268. The van der Waals surface area contributed by atoms with E-state index in [0.29, 0.717) is 12.5 Å². The summed E-state index contributed by atoms with van der Waals surface area (Å²) in [6.07, 6.45) is 0.664. The second-order valence-corrected chi connectivity index (χ2v) is 8.56. The molecule has 4 nitrogen and oxygen atoms in total. The van der Waals surface area contributed by atoms with E-state index in [1.54, 1.807) is 0 Å². The Labute approximate surface area is 146 Å². The van der Waals surface area contributed by atoms with Gasteiger partial charge in [0, 0.05) is 26.2 Å². The summed E-state index contributed by atoms with van der Waals surface area (Å²) >= 11 is 0. The van der Waals surface area contributed by atoms with Gasteiger partial charge in [0.2, 0.25) is 0 Å². The van der Waals surface area contributed by atoms with Crippen molar-refractivity contribution in [2.75, 3.05) is 19.6 Å². The number of amides is 1. The van der Waals surface area contributed by atoms with Gasteiger partial charge in [0.05, 0.1) is 0 Å². The van der Waals surface area contributed by atoms with Gasteiger partial charge in [-0.25, -0.2) is 4.79 Å². The van der Waals surface area contributed by atoms with E-state index in [-0.39, 0.29) is 11.5 Å². The molecule has 1 saturated heterocycles. The average Bonchev–Trinajstić information content (AvgIpc) is 2.72. The van der Waals surface area contributed by atoms with Gasteiger partial charge in [-0.15, -0.1) is 0 Å². The number of likely N-dealkylation sites (tertiary alicyclic amines) is 1. The van der Waals surface area contributed by atoms with Crippen molar-refractivity contribution in [3.8, 4) is 0 Å². The normalized spacial score (nSPS) is 20.8. The lowest BCUT2D eigenvalue weighted by molar-refractivity contribution is 0.0522. The summed E-state index contributed by atoms with van der Waals surface area (Å²) in [5.74, 6) is 0.580. The molecule has 1 heterocycles. The molecule has 0 radical (unpaired) electrons. The van der Waals surface area contributed by atoms with Crippen molar-refractivity contribution >= 4 is 6.09 Å². The summed E-state index contributed by atoms with van der Waals surface area (Å²) < 4.78 is 5.29. The first-order valence-corrected chi connectivity index (χ1v) is 8.89. The van der Waals surface area contributed by atoms with Crippen LogP contribution in [0.1, 0.15) is 46.6 Å². The van der Waals surface area contributed by atoms with E-state index in [4.69, 9.17) is 4.74 Å². The first-order chi connectivity index (χ1) is 11.2. The van der Waals surface area contributed by atoms with Crippen LogP contribution in [0.3, 0.4) is 0 Å². The number of benzene rings is 1. The topological polar surface area (TPSA) is 41.6 Å². The van der Waals surface area contributed by atoms with Crippen molar-refractivity contribution in [3.05, 3.63) is 35.9 Å². The molecule has 0 saturated carbocycles. The number of ether oxygens (including phenoxy) is 1. The van der Waals surface area contributed by atoms with Crippen LogP contribution in [0, 0.1) is 11.3 Å². The van der Waals surface area contributed by atoms with E-state index in [1.165, 1.54) is 5.56 Å². The standard InChI is InChI=1S/C20H32N2O2/c1-19(2,3)24-18(23)21-12-11-17-14-22(15-20(17,4)5)13-16-9-7-6-8-10-16/h6-10,17H,11-15H2,1-5H3,(H,21,23). The molecule has 0 spiro atoms. The number of hydrogen-bond donors (Lipinski definition) is 1. The number of alkyl carbamates (subject to hydrolysis) is 1. The SMILES string of the molecule is CC(C)(C)OC(=O)NCCC1CN(Cc2ccccc2)CC1(C)C. The van der Waals surface area contributed by atoms with Crippen LogP contribution in [0.2, 0.25) is 0 Å². The lowest BCUT2D eigenvalue weighted by atomic mass is 9.80. The quantitative estimate of drug-likeness (QED) is 0.884. The fourth-order valence-corrected chi connectivity index (χ4v) is 3.44. The number of carbonyl (C=O) groups excluding carboxylic acids is 1. The molecule has 0 aromatic heterocycles. The largest absolute Gasteiger partial charge is 0.444 e. The van der Waals surface area contributed by atoms with Gasteiger partial charge in [-0.3, -0.25) is 4.90 Å². The predicted octanol–water partition coefficient (Wildman–Crippen LogP) is 4.06. The third kappa shape index (κ3) is 5.82. The third-order valence-corrected chi connectivity index (χ3v) is 4.62. The Kier molecular flexibility index (Phi) is 5.92. The number of hydrogen-bond acceptors (Lipinski definition) is 3. The van der Waals surface area contributed by atoms with Gasteiger partial charge in [0.25, 0.3) is 0 Å².